The van der Waals surface area contributed by atoms with Crippen LogP contribution in [0.25, 0.3) is 0 Å². The lowest BCUT2D eigenvalue weighted by Gasteiger charge is -2.38. The SMILES string of the molecule is COC(=O)c1ccc2c(c1)OC[C@H](C1C=CC=NC1)N(C(=O)N1CCOCC1)C2. The zero-order valence-corrected chi connectivity index (χ0v) is 16.5. The number of carbonyl (C=O) groups is 2. The number of methoxy groups -OCH3 is 1. The fraction of sp³-hybridized carbons (Fsp3) is 0.476. The highest BCUT2D eigenvalue weighted by Crippen LogP contribution is 2.30. The third kappa shape index (κ3) is 4.12. The number of esters is 1. The summed E-state index contributed by atoms with van der Waals surface area (Å²) in [5, 5.41) is 0. The maximum absolute atomic E-state index is 13.4. The Bertz CT molecular complexity index is 832. The van der Waals surface area contributed by atoms with Gasteiger partial charge in [0, 0.05) is 37.3 Å². The molecule has 0 aromatic heterocycles. The van der Waals surface area contributed by atoms with Crippen molar-refractivity contribution in [2.24, 2.45) is 10.9 Å². The molecule has 1 fully saturated rings. The number of aliphatic imine (C=N–C) groups is 1. The van der Waals surface area contributed by atoms with Gasteiger partial charge in [-0.15, -0.1) is 0 Å². The van der Waals surface area contributed by atoms with Gasteiger partial charge in [0.25, 0.3) is 0 Å². The molecule has 29 heavy (non-hydrogen) atoms. The molecule has 0 N–H and O–H groups in total. The summed E-state index contributed by atoms with van der Waals surface area (Å²) in [6.07, 6.45) is 5.77. The van der Waals surface area contributed by atoms with Crippen molar-refractivity contribution in [2.75, 3.05) is 46.6 Å². The Morgan fingerprint density at radius 2 is 2.07 bits per heavy atom. The summed E-state index contributed by atoms with van der Waals surface area (Å²) in [6, 6.07) is 5.05. The lowest BCUT2D eigenvalue weighted by molar-refractivity contribution is 0.0332. The van der Waals surface area contributed by atoms with Gasteiger partial charge in [0.15, 0.2) is 0 Å². The maximum atomic E-state index is 13.4. The molecule has 8 nitrogen and oxygen atoms in total. The Balaban J connectivity index is 1.64. The third-order valence-electron chi connectivity index (χ3n) is 5.53. The van der Waals surface area contributed by atoms with Crippen molar-refractivity contribution in [2.45, 2.75) is 12.6 Å². The van der Waals surface area contributed by atoms with E-state index in [9.17, 15) is 9.59 Å². The molecular weight excluding hydrogens is 374 g/mol. The normalized spacial score (nSPS) is 23.8. The lowest BCUT2D eigenvalue weighted by atomic mass is 9.97. The van der Waals surface area contributed by atoms with E-state index < -0.39 is 5.97 Å². The minimum absolute atomic E-state index is 0.0188. The maximum Gasteiger partial charge on any atom is 0.337 e. The molecule has 4 rings (SSSR count). The summed E-state index contributed by atoms with van der Waals surface area (Å²) in [5.41, 5.74) is 1.29. The van der Waals surface area contributed by atoms with Crippen LogP contribution in [0.3, 0.4) is 0 Å². The fourth-order valence-corrected chi connectivity index (χ4v) is 3.88. The van der Waals surface area contributed by atoms with Crippen molar-refractivity contribution in [3.63, 3.8) is 0 Å². The highest BCUT2D eigenvalue weighted by atomic mass is 16.5. The molecule has 2 atom stereocenters. The zero-order chi connectivity index (χ0) is 20.2. The number of urea groups is 1. The van der Waals surface area contributed by atoms with Gasteiger partial charge >= 0.3 is 12.0 Å². The van der Waals surface area contributed by atoms with Crippen LogP contribution in [0, 0.1) is 5.92 Å². The van der Waals surface area contributed by atoms with Gasteiger partial charge in [-0.3, -0.25) is 4.99 Å². The molecule has 3 aliphatic heterocycles. The zero-order valence-electron chi connectivity index (χ0n) is 16.5. The summed E-state index contributed by atoms with van der Waals surface area (Å²) < 4.78 is 16.3. The van der Waals surface area contributed by atoms with E-state index in [-0.39, 0.29) is 18.0 Å². The van der Waals surface area contributed by atoms with Crippen LogP contribution in [-0.2, 0) is 16.0 Å². The molecule has 3 heterocycles. The number of benzene rings is 1. The lowest BCUT2D eigenvalue weighted by Crippen LogP contribution is -2.54. The van der Waals surface area contributed by atoms with Gasteiger partial charge in [-0.2, -0.15) is 0 Å². The Kier molecular flexibility index (Phi) is 5.80. The Hall–Kier alpha value is -2.87. The molecule has 1 saturated heterocycles. The molecule has 1 aromatic carbocycles. The monoisotopic (exact) mass is 399 g/mol. The number of amides is 2. The van der Waals surface area contributed by atoms with E-state index in [1.54, 1.807) is 18.3 Å². The van der Waals surface area contributed by atoms with Crippen LogP contribution in [0.1, 0.15) is 15.9 Å². The number of dihydropyridines is 1. The van der Waals surface area contributed by atoms with Crippen molar-refractivity contribution in [1.82, 2.24) is 9.80 Å². The number of hydrogen-bond donors (Lipinski definition) is 0. The Labute approximate surface area is 169 Å². The summed E-state index contributed by atoms with van der Waals surface area (Å²) in [5.74, 6) is 0.265. The van der Waals surface area contributed by atoms with E-state index in [4.69, 9.17) is 14.2 Å². The van der Waals surface area contributed by atoms with E-state index in [1.807, 2.05) is 21.9 Å². The van der Waals surface area contributed by atoms with Crippen molar-refractivity contribution in [1.29, 1.82) is 0 Å². The molecule has 0 radical (unpaired) electrons. The topological polar surface area (TPSA) is 80.7 Å². The van der Waals surface area contributed by atoms with Gasteiger partial charge in [-0.25, -0.2) is 9.59 Å². The van der Waals surface area contributed by atoms with Crippen LogP contribution in [-0.4, -0.2) is 80.6 Å². The van der Waals surface area contributed by atoms with Crippen molar-refractivity contribution in [3.05, 3.63) is 41.5 Å². The van der Waals surface area contributed by atoms with Gasteiger partial charge in [0.2, 0.25) is 0 Å². The minimum atomic E-state index is -0.414. The van der Waals surface area contributed by atoms with Gasteiger partial charge in [0.1, 0.15) is 12.4 Å². The highest BCUT2D eigenvalue weighted by molar-refractivity contribution is 5.90. The van der Waals surface area contributed by atoms with Crippen LogP contribution in [0.5, 0.6) is 5.75 Å². The molecule has 0 bridgehead atoms. The van der Waals surface area contributed by atoms with Crippen molar-refractivity contribution >= 4 is 18.2 Å². The number of rotatable bonds is 2. The second kappa shape index (κ2) is 8.65. The molecule has 0 aliphatic carbocycles. The molecule has 8 heteroatoms. The summed E-state index contributed by atoms with van der Waals surface area (Å²) >= 11 is 0. The van der Waals surface area contributed by atoms with E-state index in [1.165, 1.54) is 7.11 Å². The quantitative estimate of drug-likeness (QED) is 0.708. The number of nitrogens with zero attached hydrogens (tertiary/aromatic N) is 3. The van der Waals surface area contributed by atoms with E-state index in [0.29, 0.717) is 57.3 Å². The first-order valence-corrected chi connectivity index (χ1v) is 9.81. The highest BCUT2D eigenvalue weighted by Gasteiger charge is 2.36. The summed E-state index contributed by atoms with van der Waals surface area (Å²) in [4.78, 5) is 33.4. The van der Waals surface area contributed by atoms with Crippen LogP contribution >= 0.6 is 0 Å². The number of allylic oxidation sites excluding steroid dienone is 1. The van der Waals surface area contributed by atoms with Crippen LogP contribution in [0.4, 0.5) is 4.79 Å². The smallest absolute Gasteiger partial charge is 0.337 e. The Morgan fingerprint density at radius 3 is 2.79 bits per heavy atom. The van der Waals surface area contributed by atoms with E-state index in [0.717, 1.165) is 5.56 Å². The summed E-state index contributed by atoms with van der Waals surface area (Å²) in [7, 11) is 1.35. The van der Waals surface area contributed by atoms with E-state index >= 15 is 0 Å². The molecule has 2 amide bonds. The van der Waals surface area contributed by atoms with E-state index in [2.05, 4.69) is 11.1 Å². The standard InChI is InChI=1S/C21H25N3O5/c1-27-20(25)15-4-5-17-13-24(21(26)23-7-9-28-10-8-23)18(14-29-19(17)11-15)16-3-2-6-22-12-16/h2-6,11,16,18H,7-10,12-14H2,1H3/t16?,18-/m1/s1. The van der Waals surface area contributed by atoms with Crippen molar-refractivity contribution < 1.29 is 23.8 Å². The number of fused-ring (bicyclic) bond motifs is 1. The first-order chi connectivity index (χ1) is 14.2. The predicted octanol–water partition coefficient (Wildman–Crippen LogP) is 1.75. The second-order valence-electron chi connectivity index (χ2n) is 7.27. The average molecular weight is 399 g/mol. The molecule has 154 valence electrons. The first-order valence-electron chi connectivity index (χ1n) is 9.81. The van der Waals surface area contributed by atoms with Crippen LogP contribution in [0.2, 0.25) is 0 Å². The molecule has 0 spiro atoms. The van der Waals surface area contributed by atoms with Crippen LogP contribution in [0.15, 0.2) is 35.3 Å². The number of morpholine rings is 1. The van der Waals surface area contributed by atoms with Gasteiger partial charge in [-0.1, -0.05) is 12.1 Å². The third-order valence-corrected chi connectivity index (χ3v) is 5.53. The molecular formula is C21H25N3O5. The molecule has 0 saturated carbocycles. The Morgan fingerprint density at radius 1 is 1.24 bits per heavy atom. The second-order valence-corrected chi connectivity index (χ2v) is 7.27. The predicted molar refractivity (Wildman–Crippen MR) is 106 cm³/mol. The average Bonchev–Trinajstić information content (AvgIpc) is 2.98. The van der Waals surface area contributed by atoms with Crippen LogP contribution < -0.4 is 4.74 Å². The van der Waals surface area contributed by atoms with Gasteiger partial charge in [-0.05, 0) is 18.2 Å². The molecule has 1 unspecified atom stereocenters. The number of carbonyl (C=O) groups excluding carboxylic acids is 2. The molecule has 1 aromatic rings. The largest absolute Gasteiger partial charge is 0.491 e. The first kappa shape index (κ1) is 19.4. The number of ether oxygens (including phenoxy) is 3. The molecule has 3 aliphatic rings. The minimum Gasteiger partial charge on any atom is -0.491 e. The summed E-state index contributed by atoms with van der Waals surface area (Å²) in [6.45, 7) is 3.61. The van der Waals surface area contributed by atoms with Crippen molar-refractivity contribution in [3.8, 4) is 5.75 Å². The number of hydrogen-bond acceptors (Lipinski definition) is 6. The van der Waals surface area contributed by atoms with Gasteiger partial charge in [0.05, 0.1) is 38.5 Å². The van der Waals surface area contributed by atoms with Gasteiger partial charge < -0.3 is 24.0 Å². The fourth-order valence-electron chi connectivity index (χ4n) is 3.88.